The summed E-state index contributed by atoms with van der Waals surface area (Å²) in [5.74, 6) is 0.128. The number of fused-ring (bicyclic) bond motifs is 2. The molecule has 1 saturated carbocycles. The van der Waals surface area contributed by atoms with Gasteiger partial charge in [-0.15, -0.1) is 0 Å². The highest BCUT2D eigenvalue weighted by atomic mass is 16.2. The first-order valence-corrected chi connectivity index (χ1v) is 11.4. The molecule has 3 aromatic carbocycles. The molecule has 160 valence electrons. The number of urea groups is 1. The van der Waals surface area contributed by atoms with E-state index in [1.165, 1.54) is 16.0 Å². The van der Waals surface area contributed by atoms with Crippen molar-refractivity contribution >= 4 is 28.8 Å². The maximum absolute atomic E-state index is 13.5. The van der Waals surface area contributed by atoms with Crippen LogP contribution < -0.4 is 5.32 Å². The summed E-state index contributed by atoms with van der Waals surface area (Å²) in [6, 6.07) is 21.9. The first-order valence-electron chi connectivity index (χ1n) is 11.4. The molecule has 1 aliphatic heterocycles. The molecule has 0 aromatic heterocycles. The Labute approximate surface area is 187 Å². The average molecular weight is 423 g/mol. The molecule has 3 aromatic rings. The Morgan fingerprint density at radius 3 is 2.69 bits per heavy atom. The highest BCUT2D eigenvalue weighted by molar-refractivity contribution is 6.01. The zero-order valence-electron chi connectivity index (χ0n) is 18.3. The third-order valence-corrected chi connectivity index (χ3v) is 8.08. The van der Waals surface area contributed by atoms with E-state index < -0.39 is 0 Å². The van der Waals surface area contributed by atoms with Crippen molar-refractivity contribution in [1.82, 2.24) is 10.2 Å². The Hall–Kier alpha value is -3.40. The van der Waals surface area contributed by atoms with Crippen LogP contribution in [0.15, 0.2) is 72.8 Å². The van der Waals surface area contributed by atoms with Gasteiger partial charge in [-0.3, -0.25) is 9.69 Å². The summed E-state index contributed by atoms with van der Waals surface area (Å²) in [5, 5.41) is 5.38. The van der Waals surface area contributed by atoms with Gasteiger partial charge in [0, 0.05) is 11.5 Å². The Morgan fingerprint density at radius 1 is 1.06 bits per heavy atom. The monoisotopic (exact) mass is 422 g/mol. The second-order valence-corrected chi connectivity index (χ2v) is 9.40. The number of benzene rings is 3. The largest absolute Gasteiger partial charge is 0.331 e. The summed E-state index contributed by atoms with van der Waals surface area (Å²) in [7, 11) is 0. The predicted octanol–water partition coefficient (Wildman–Crippen LogP) is 5.44. The minimum absolute atomic E-state index is 0.0403. The molecular weight excluding hydrogens is 396 g/mol. The van der Waals surface area contributed by atoms with Crippen molar-refractivity contribution < 1.29 is 9.59 Å². The smallest absolute Gasteiger partial charge is 0.324 e. The standard InChI is InChI=1S/C28H26N2O2/c1-17(22-12-7-10-19-8-3-5-11-23(19)22)29-27(32)30-18(2)28-21(16-25(28)26(30)31)15-14-20-9-4-6-13-24(20)28/h3-15,17-18,21,25H,16H2,1-2H3,(H,29,32)/t17-,18-,21+,25-,28-/m0/s1. The van der Waals surface area contributed by atoms with Gasteiger partial charge in [0.2, 0.25) is 5.91 Å². The molecule has 5 atom stereocenters. The summed E-state index contributed by atoms with van der Waals surface area (Å²) < 4.78 is 0. The second-order valence-electron chi connectivity index (χ2n) is 9.40. The van der Waals surface area contributed by atoms with E-state index >= 15 is 0 Å². The molecule has 0 radical (unpaired) electrons. The second kappa shape index (κ2) is 6.80. The number of imide groups is 1. The number of allylic oxidation sites excluding steroid dienone is 1. The van der Waals surface area contributed by atoms with Crippen molar-refractivity contribution in [2.45, 2.75) is 37.8 Å². The van der Waals surface area contributed by atoms with Crippen LogP contribution in [0.1, 0.15) is 43.0 Å². The van der Waals surface area contributed by atoms with Gasteiger partial charge >= 0.3 is 6.03 Å². The van der Waals surface area contributed by atoms with Crippen molar-refractivity contribution in [1.29, 1.82) is 0 Å². The van der Waals surface area contributed by atoms with Crippen LogP contribution in [-0.2, 0) is 10.2 Å². The minimum Gasteiger partial charge on any atom is -0.331 e. The lowest BCUT2D eigenvalue weighted by Crippen LogP contribution is -2.57. The topological polar surface area (TPSA) is 49.4 Å². The van der Waals surface area contributed by atoms with Crippen molar-refractivity contribution in [3.05, 3.63) is 89.5 Å². The van der Waals surface area contributed by atoms with Crippen molar-refractivity contribution in [2.24, 2.45) is 11.8 Å². The van der Waals surface area contributed by atoms with Crippen molar-refractivity contribution in [3.8, 4) is 0 Å². The lowest BCUT2D eigenvalue weighted by molar-refractivity contribution is -0.132. The molecule has 4 nitrogen and oxygen atoms in total. The number of nitrogens with one attached hydrogen (secondary N) is 1. The molecule has 1 saturated heterocycles. The van der Waals surface area contributed by atoms with Gasteiger partial charge in [0.05, 0.1) is 12.0 Å². The van der Waals surface area contributed by atoms with Crippen LogP contribution in [0.25, 0.3) is 16.8 Å². The van der Waals surface area contributed by atoms with Crippen LogP contribution in [0.4, 0.5) is 4.79 Å². The van der Waals surface area contributed by atoms with E-state index in [2.05, 4.69) is 47.8 Å². The number of likely N-dealkylation sites (tertiary alicyclic amines) is 1. The highest BCUT2D eigenvalue weighted by Gasteiger charge is 2.70. The molecule has 1 N–H and O–H groups in total. The van der Waals surface area contributed by atoms with Crippen LogP contribution >= 0.6 is 0 Å². The number of hydrogen-bond acceptors (Lipinski definition) is 2. The van der Waals surface area contributed by atoms with Crippen LogP contribution in [0.3, 0.4) is 0 Å². The van der Waals surface area contributed by atoms with Gasteiger partial charge in [-0.2, -0.15) is 0 Å². The Kier molecular flexibility index (Phi) is 4.10. The SMILES string of the molecule is C[C@H](NC(=O)N1C(=O)[C@@H]2C[C@H]3C=Cc4ccccc4[C@]32[C@@H]1C)c1cccc2ccccc12. The van der Waals surface area contributed by atoms with Gasteiger partial charge < -0.3 is 5.32 Å². The van der Waals surface area contributed by atoms with E-state index in [9.17, 15) is 9.59 Å². The fourth-order valence-electron chi connectivity index (χ4n) is 6.56. The van der Waals surface area contributed by atoms with E-state index in [4.69, 9.17) is 0 Å². The summed E-state index contributed by atoms with van der Waals surface area (Å²) in [6.07, 6.45) is 5.23. The molecule has 0 bridgehead atoms. The van der Waals surface area contributed by atoms with Crippen molar-refractivity contribution in [3.63, 3.8) is 0 Å². The zero-order valence-corrected chi connectivity index (χ0v) is 18.3. The Balaban J connectivity index is 1.32. The fraction of sp³-hybridized carbons (Fsp3) is 0.286. The van der Waals surface area contributed by atoms with Crippen LogP contribution in [0.2, 0.25) is 0 Å². The maximum Gasteiger partial charge on any atom is 0.324 e. The number of hydrogen-bond donors (Lipinski definition) is 1. The van der Waals surface area contributed by atoms with Gasteiger partial charge in [0.15, 0.2) is 0 Å². The van der Waals surface area contributed by atoms with Gasteiger partial charge in [0.1, 0.15) is 0 Å². The molecule has 0 unspecified atom stereocenters. The third-order valence-electron chi connectivity index (χ3n) is 8.08. The lowest BCUT2D eigenvalue weighted by Gasteiger charge is -2.54. The van der Waals surface area contributed by atoms with Gasteiger partial charge in [-0.05, 0) is 53.6 Å². The molecule has 3 amide bonds. The highest BCUT2D eigenvalue weighted by Crippen LogP contribution is 2.64. The van der Waals surface area contributed by atoms with E-state index in [-0.39, 0.29) is 35.4 Å². The molecule has 4 heteroatoms. The predicted molar refractivity (Wildman–Crippen MR) is 126 cm³/mol. The van der Waals surface area contributed by atoms with Gasteiger partial charge in [0.25, 0.3) is 0 Å². The van der Waals surface area contributed by atoms with E-state index in [0.717, 1.165) is 22.8 Å². The zero-order chi connectivity index (χ0) is 22.0. The lowest BCUT2D eigenvalue weighted by atomic mass is 9.47. The third kappa shape index (κ3) is 2.38. The molecular formula is C28H26N2O2. The number of nitrogens with zero attached hydrogens (tertiary/aromatic N) is 1. The quantitative estimate of drug-likeness (QED) is 0.598. The van der Waals surface area contributed by atoms with E-state index in [1.807, 2.05) is 50.2 Å². The molecule has 3 aliphatic rings. The molecule has 1 heterocycles. The molecule has 6 rings (SSSR count). The Morgan fingerprint density at radius 2 is 1.81 bits per heavy atom. The van der Waals surface area contributed by atoms with E-state index in [1.54, 1.807) is 0 Å². The summed E-state index contributed by atoms with van der Waals surface area (Å²) in [6.45, 7) is 4.03. The summed E-state index contributed by atoms with van der Waals surface area (Å²) in [4.78, 5) is 28.4. The maximum atomic E-state index is 13.5. The molecule has 1 spiro atoms. The number of carbonyl (C=O) groups excluding carboxylic acids is 2. The minimum atomic E-state index is -0.303. The molecule has 32 heavy (non-hydrogen) atoms. The van der Waals surface area contributed by atoms with Crippen LogP contribution in [0.5, 0.6) is 0 Å². The number of carbonyl (C=O) groups is 2. The van der Waals surface area contributed by atoms with Crippen LogP contribution in [-0.4, -0.2) is 22.9 Å². The first-order chi connectivity index (χ1) is 15.5. The molecule has 2 aliphatic carbocycles. The van der Waals surface area contributed by atoms with Gasteiger partial charge in [-0.25, -0.2) is 4.79 Å². The van der Waals surface area contributed by atoms with Crippen LogP contribution in [0, 0.1) is 11.8 Å². The summed E-state index contributed by atoms with van der Waals surface area (Å²) >= 11 is 0. The first kappa shape index (κ1) is 19.3. The number of rotatable bonds is 2. The normalized spacial score (nSPS) is 28.5. The fourth-order valence-corrected chi connectivity index (χ4v) is 6.56. The average Bonchev–Trinajstić information content (AvgIpc) is 2.94. The molecule has 2 fully saturated rings. The number of amides is 3. The Bertz CT molecular complexity index is 1290. The van der Waals surface area contributed by atoms with E-state index in [0.29, 0.717) is 5.92 Å². The van der Waals surface area contributed by atoms with Gasteiger partial charge in [-0.1, -0.05) is 78.9 Å². The van der Waals surface area contributed by atoms with Crippen molar-refractivity contribution in [2.75, 3.05) is 0 Å². The summed E-state index contributed by atoms with van der Waals surface area (Å²) in [5.41, 5.74) is 3.13.